The number of hydrogen-bond acceptors (Lipinski definition) is 5. The van der Waals surface area contributed by atoms with Gasteiger partial charge in [0.25, 0.3) is 5.91 Å². The molecule has 5 nitrogen and oxygen atoms in total. The van der Waals surface area contributed by atoms with Crippen LogP contribution in [0, 0.1) is 0 Å². The molecule has 0 spiro atoms. The fraction of sp³-hybridized carbons (Fsp3) is 0.240. The number of thiazole rings is 1. The highest BCUT2D eigenvalue weighted by atomic mass is 32.1. The number of ether oxygens (including phenoxy) is 1. The van der Waals surface area contributed by atoms with Crippen molar-refractivity contribution in [2.45, 2.75) is 32.7 Å². The Balaban J connectivity index is 1.75. The number of para-hydroxylation sites is 1. The zero-order valence-corrected chi connectivity index (χ0v) is 18.9. The van der Waals surface area contributed by atoms with Crippen molar-refractivity contribution in [1.82, 2.24) is 9.97 Å². The summed E-state index contributed by atoms with van der Waals surface area (Å²) in [5.74, 6) is 0.602. The van der Waals surface area contributed by atoms with Crippen molar-refractivity contribution >= 4 is 32.6 Å². The van der Waals surface area contributed by atoms with Gasteiger partial charge in [-0.2, -0.15) is 0 Å². The van der Waals surface area contributed by atoms with E-state index in [0.29, 0.717) is 23.0 Å². The van der Waals surface area contributed by atoms with Crippen molar-refractivity contribution in [3.05, 3.63) is 83.7 Å². The van der Waals surface area contributed by atoms with Crippen LogP contribution < -0.4 is 9.64 Å². The van der Waals surface area contributed by atoms with E-state index in [-0.39, 0.29) is 11.3 Å². The first-order valence-electron chi connectivity index (χ1n) is 10.1. The molecule has 158 valence electrons. The second kappa shape index (κ2) is 8.47. The van der Waals surface area contributed by atoms with E-state index in [0.717, 1.165) is 15.8 Å². The summed E-state index contributed by atoms with van der Waals surface area (Å²) in [4.78, 5) is 24.3. The molecular weight excluding hydrogens is 406 g/mol. The van der Waals surface area contributed by atoms with Gasteiger partial charge in [-0.05, 0) is 46.9 Å². The molecule has 0 aliphatic heterocycles. The minimum absolute atomic E-state index is 0.0283. The molecule has 0 saturated heterocycles. The molecular formula is C25H25N3O2S. The van der Waals surface area contributed by atoms with Crippen molar-refractivity contribution < 1.29 is 9.53 Å². The molecule has 1 amide bonds. The lowest BCUT2D eigenvalue weighted by Gasteiger charge is -2.22. The summed E-state index contributed by atoms with van der Waals surface area (Å²) in [7, 11) is 1.63. The molecule has 4 rings (SSSR count). The van der Waals surface area contributed by atoms with Gasteiger partial charge >= 0.3 is 0 Å². The molecule has 4 aromatic rings. The van der Waals surface area contributed by atoms with Gasteiger partial charge in [0.05, 0.1) is 18.4 Å². The predicted molar refractivity (Wildman–Crippen MR) is 126 cm³/mol. The molecule has 0 aliphatic carbocycles. The summed E-state index contributed by atoms with van der Waals surface area (Å²) in [5.41, 5.74) is 3.54. The number of carbonyl (C=O) groups is 1. The standard InChI is InChI=1S/C25H25N3O2S/c1-25(2,3)19-12-10-18(11-13-19)23(29)28(16-17-7-6-14-26-15-17)24-27-22-20(30-4)8-5-9-21(22)31-24/h5-15H,16H2,1-4H3. The summed E-state index contributed by atoms with van der Waals surface area (Å²) in [6.45, 7) is 6.86. The number of fused-ring (bicyclic) bond motifs is 1. The Labute approximate surface area is 186 Å². The van der Waals surface area contributed by atoms with Crippen molar-refractivity contribution in [2.75, 3.05) is 12.0 Å². The van der Waals surface area contributed by atoms with Gasteiger partial charge in [0.15, 0.2) is 5.13 Å². The number of anilines is 1. The Morgan fingerprint density at radius 3 is 2.48 bits per heavy atom. The van der Waals surface area contributed by atoms with E-state index >= 15 is 0 Å². The molecule has 0 N–H and O–H groups in total. The maximum absolute atomic E-state index is 13.6. The van der Waals surface area contributed by atoms with Crippen LogP contribution in [0.2, 0.25) is 0 Å². The summed E-state index contributed by atoms with van der Waals surface area (Å²) < 4.78 is 6.43. The molecule has 2 aromatic heterocycles. The number of pyridine rings is 1. The van der Waals surface area contributed by atoms with Crippen LogP contribution in [0.4, 0.5) is 5.13 Å². The van der Waals surface area contributed by atoms with E-state index in [1.165, 1.54) is 16.9 Å². The van der Waals surface area contributed by atoms with Gasteiger partial charge in [-0.25, -0.2) is 4.98 Å². The maximum Gasteiger partial charge on any atom is 0.260 e. The molecule has 2 aromatic carbocycles. The molecule has 0 radical (unpaired) electrons. The first-order chi connectivity index (χ1) is 14.9. The van der Waals surface area contributed by atoms with Crippen LogP contribution in [0.5, 0.6) is 5.75 Å². The normalized spacial score (nSPS) is 11.5. The Kier molecular flexibility index (Phi) is 5.74. The highest BCUT2D eigenvalue weighted by Crippen LogP contribution is 2.35. The topological polar surface area (TPSA) is 55.3 Å². The monoisotopic (exact) mass is 431 g/mol. The lowest BCUT2D eigenvalue weighted by molar-refractivity contribution is 0.0985. The van der Waals surface area contributed by atoms with Crippen LogP contribution in [-0.2, 0) is 12.0 Å². The summed E-state index contributed by atoms with van der Waals surface area (Å²) >= 11 is 1.48. The number of benzene rings is 2. The van der Waals surface area contributed by atoms with Crippen molar-refractivity contribution in [1.29, 1.82) is 0 Å². The Morgan fingerprint density at radius 1 is 1.06 bits per heavy atom. The first-order valence-corrected chi connectivity index (χ1v) is 10.9. The fourth-order valence-electron chi connectivity index (χ4n) is 3.36. The number of amides is 1. The molecule has 2 heterocycles. The Morgan fingerprint density at radius 2 is 1.84 bits per heavy atom. The number of nitrogens with zero attached hydrogens (tertiary/aromatic N) is 3. The lowest BCUT2D eigenvalue weighted by atomic mass is 9.86. The van der Waals surface area contributed by atoms with Crippen molar-refractivity contribution in [3.63, 3.8) is 0 Å². The average molecular weight is 432 g/mol. The second-order valence-electron chi connectivity index (χ2n) is 8.38. The zero-order chi connectivity index (χ0) is 22.0. The van der Waals surface area contributed by atoms with Gasteiger partial charge in [0, 0.05) is 18.0 Å². The Hall–Kier alpha value is -3.25. The number of aromatic nitrogens is 2. The van der Waals surface area contributed by atoms with E-state index in [1.807, 2.05) is 54.6 Å². The SMILES string of the molecule is COc1cccc2sc(N(Cc3cccnc3)C(=O)c3ccc(C(C)(C)C)cc3)nc12. The zero-order valence-electron chi connectivity index (χ0n) is 18.1. The largest absolute Gasteiger partial charge is 0.494 e. The van der Waals surface area contributed by atoms with Crippen LogP contribution in [0.3, 0.4) is 0 Å². The fourth-order valence-corrected chi connectivity index (χ4v) is 4.34. The third-order valence-electron chi connectivity index (χ3n) is 5.13. The highest BCUT2D eigenvalue weighted by molar-refractivity contribution is 7.22. The molecule has 0 unspecified atom stereocenters. The summed E-state index contributed by atoms with van der Waals surface area (Å²) in [6, 6.07) is 17.5. The van der Waals surface area contributed by atoms with Crippen LogP contribution in [0.25, 0.3) is 10.2 Å². The van der Waals surface area contributed by atoms with Gasteiger partial charge in [0.2, 0.25) is 0 Å². The summed E-state index contributed by atoms with van der Waals surface area (Å²) in [5, 5.41) is 0.633. The number of rotatable bonds is 5. The van der Waals surface area contributed by atoms with Crippen LogP contribution in [0.1, 0.15) is 42.3 Å². The molecule has 0 fully saturated rings. The first kappa shape index (κ1) is 21.0. The average Bonchev–Trinajstić information content (AvgIpc) is 3.21. The molecule has 0 bridgehead atoms. The highest BCUT2D eigenvalue weighted by Gasteiger charge is 2.23. The quantitative estimate of drug-likeness (QED) is 0.398. The smallest absolute Gasteiger partial charge is 0.260 e. The minimum atomic E-state index is -0.0951. The van der Waals surface area contributed by atoms with Gasteiger partial charge in [-0.1, -0.05) is 56.4 Å². The second-order valence-corrected chi connectivity index (χ2v) is 9.39. The third-order valence-corrected chi connectivity index (χ3v) is 6.17. The van der Waals surface area contributed by atoms with Gasteiger partial charge < -0.3 is 4.74 Å². The molecule has 31 heavy (non-hydrogen) atoms. The van der Waals surface area contributed by atoms with E-state index in [2.05, 4.69) is 25.8 Å². The van der Waals surface area contributed by atoms with Gasteiger partial charge in [-0.15, -0.1) is 0 Å². The Bertz CT molecular complexity index is 1200. The van der Waals surface area contributed by atoms with Crippen molar-refractivity contribution in [3.8, 4) is 5.75 Å². The molecule has 0 atom stereocenters. The van der Waals surface area contributed by atoms with E-state index in [1.54, 1.807) is 24.4 Å². The van der Waals surface area contributed by atoms with Crippen LogP contribution in [0.15, 0.2) is 67.0 Å². The van der Waals surface area contributed by atoms with Gasteiger partial charge in [0.1, 0.15) is 11.3 Å². The number of hydrogen-bond donors (Lipinski definition) is 0. The molecule has 0 aliphatic rings. The van der Waals surface area contributed by atoms with Crippen molar-refractivity contribution in [2.24, 2.45) is 0 Å². The minimum Gasteiger partial charge on any atom is -0.494 e. The maximum atomic E-state index is 13.6. The van der Waals surface area contributed by atoms with E-state index < -0.39 is 0 Å². The third kappa shape index (κ3) is 4.44. The van der Waals surface area contributed by atoms with E-state index in [4.69, 9.17) is 9.72 Å². The van der Waals surface area contributed by atoms with Crippen LogP contribution in [-0.4, -0.2) is 23.0 Å². The predicted octanol–water partition coefficient (Wildman–Crippen LogP) is 5.84. The summed E-state index contributed by atoms with van der Waals surface area (Å²) in [6.07, 6.45) is 3.50. The number of methoxy groups -OCH3 is 1. The molecule has 6 heteroatoms. The lowest BCUT2D eigenvalue weighted by Crippen LogP contribution is -2.30. The van der Waals surface area contributed by atoms with Gasteiger partial charge in [-0.3, -0.25) is 14.7 Å². The molecule has 0 saturated carbocycles. The number of carbonyl (C=O) groups excluding carboxylic acids is 1. The van der Waals surface area contributed by atoms with E-state index in [9.17, 15) is 4.79 Å². The van der Waals surface area contributed by atoms with Crippen LogP contribution >= 0.6 is 11.3 Å².